The molecule has 2 N–H and O–H groups in total. The van der Waals surface area contributed by atoms with Crippen molar-refractivity contribution in [2.24, 2.45) is 0 Å². The van der Waals surface area contributed by atoms with E-state index in [1.807, 2.05) is 18.5 Å². The molecule has 0 radical (unpaired) electrons. The van der Waals surface area contributed by atoms with Crippen LogP contribution in [0.25, 0.3) is 0 Å². The Hall–Kier alpha value is -1.93. The van der Waals surface area contributed by atoms with Crippen molar-refractivity contribution in [2.75, 3.05) is 11.8 Å². The zero-order valence-electron chi connectivity index (χ0n) is 11.4. The number of nitrogens with one attached hydrogen (secondary N) is 2. The second-order valence-corrected chi connectivity index (χ2v) is 5.84. The third-order valence-electron chi connectivity index (χ3n) is 2.76. The Morgan fingerprint density at radius 2 is 2.00 bits per heavy atom. The molecule has 0 unspecified atom stereocenters. The molecular formula is C12H17N5O2S. The van der Waals surface area contributed by atoms with Crippen molar-refractivity contribution in [2.45, 2.75) is 24.9 Å². The number of aryl methyl sites for hydroxylation is 1. The van der Waals surface area contributed by atoms with Gasteiger partial charge in [-0.1, -0.05) is 0 Å². The molecule has 2 heterocycles. The first kappa shape index (κ1) is 14.5. The van der Waals surface area contributed by atoms with Crippen LogP contribution in [-0.2, 0) is 23.1 Å². The van der Waals surface area contributed by atoms with Crippen molar-refractivity contribution >= 4 is 16.0 Å². The highest BCUT2D eigenvalue weighted by atomic mass is 32.2. The summed E-state index contributed by atoms with van der Waals surface area (Å²) in [4.78, 5) is 7.91. The normalized spacial score (nSPS) is 11.5. The summed E-state index contributed by atoms with van der Waals surface area (Å²) in [5.74, 6) is 0.0620. The van der Waals surface area contributed by atoms with Crippen molar-refractivity contribution < 1.29 is 8.42 Å². The van der Waals surface area contributed by atoms with Crippen molar-refractivity contribution in [1.29, 1.82) is 0 Å². The van der Waals surface area contributed by atoms with Gasteiger partial charge < -0.3 is 9.88 Å². The number of anilines is 1. The van der Waals surface area contributed by atoms with E-state index in [0.717, 1.165) is 5.69 Å². The largest absolute Gasteiger partial charge is 0.349 e. The molecule has 0 aliphatic rings. The first-order valence-electron chi connectivity index (χ1n) is 6.20. The zero-order chi connectivity index (χ0) is 14.6. The number of sulfonamides is 1. The minimum Gasteiger partial charge on any atom is -0.349 e. The average Bonchev–Trinajstić information content (AvgIpc) is 2.84. The van der Waals surface area contributed by atoms with Crippen molar-refractivity contribution in [1.82, 2.24) is 19.9 Å². The van der Waals surface area contributed by atoms with Gasteiger partial charge in [0.05, 0.1) is 0 Å². The van der Waals surface area contributed by atoms with Gasteiger partial charge in [-0.15, -0.1) is 0 Å². The summed E-state index contributed by atoms with van der Waals surface area (Å²) in [6.45, 7) is 3.27. The van der Waals surface area contributed by atoms with Crippen LogP contribution in [0.15, 0.2) is 35.6 Å². The van der Waals surface area contributed by atoms with Crippen LogP contribution < -0.4 is 10.0 Å². The number of aromatic nitrogens is 3. The molecule has 0 saturated carbocycles. The molecule has 0 bridgehead atoms. The lowest BCUT2D eigenvalue weighted by Gasteiger charge is -2.04. The summed E-state index contributed by atoms with van der Waals surface area (Å²) in [5.41, 5.74) is 0.907. The van der Waals surface area contributed by atoms with Crippen LogP contribution >= 0.6 is 0 Å². The van der Waals surface area contributed by atoms with Gasteiger partial charge in [0.25, 0.3) is 10.0 Å². The molecule has 0 aromatic carbocycles. The molecular weight excluding hydrogens is 278 g/mol. The smallest absolute Gasteiger partial charge is 0.265 e. The van der Waals surface area contributed by atoms with Gasteiger partial charge in [0, 0.05) is 37.4 Å². The van der Waals surface area contributed by atoms with E-state index in [-0.39, 0.29) is 10.8 Å². The van der Waals surface area contributed by atoms with Crippen LogP contribution in [0.2, 0.25) is 0 Å². The van der Waals surface area contributed by atoms with Crippen LogP contribution in [0.5, 0.6) is 0 Å². The fourth-order valence-electron chi connectivity index (χ4n) is 1.83. The molecule has 0 atom stereocenters. The molecule has 0 spiro atoms. The molecule has 0 fully saturated rings. The molecule has 2 aromatic heterocycles. The number of hydrogen-bond acceptors (Lipinski definition) is 5. The van der Waals surface area contributed by atoms with E-state index in [2.05, 4.69) is 20.0 Å². The lowest BCUT2D eigenvalue weighted by molar-refractivity contribution is 0.600. The maximum Gasteiger partial charge on any atom is 0.265 e. The van der Waals surface area contributed by atoms with Gasteiger partial charge in [-0.05, 0) is 26.1 Å². The van der Waals surface area contributed by atoms with Crippen LogP contribution in [0, 0.1) is 0 Å². The SMILES string of the molecule is CCn1cc(S(=O)(=O)Nc2ncccn2)cc1CNC. The standard InChI is InChI=1S/C12H17N5O2S/c1-3-17-9-11(7-10(17)8-13-2)20(18,19)16-12-14-5-4-6-15-12/h4-7,9,13H,3,8H2,1-2H3,(H,14,15,16). The Morgan fingerprint density at radius 1 is 1.30 bits per heavy atom. The fraction of sp³-hybridized carbons (Fsp3) is 0.333. The Bertz CT molecular complexity index is 666. The molecule has 20 heavy (non-hydrogen) atoms. The van der Waals surface area contributed by atoms with E-state index < -0.39 is 10.0 Å². The number of rotatable bonds is 6. The third kappa shape index (κ3) is 3.14. The summed E-state index contributed by atoms with van der Waals surface area (Å²) in [6, 6.07) is 3.27. The molecule has 0 amide bonds. The fourth-order valence-corrected chi connectivity index (χ4v) is 2.85. The van der Waals surface area contributed by atoms with Crippen LogP contribution in [-0.4, -0.2) is 30.0 Å². The minimum atomic E-state index is -3.67. The van der Waals surface area contributed by atoms with Gasteiger partial charge in [-0.2, -0.15) is 0 Å². The Kier molecular flexibility index (Phi) is 4.35. The Balaban J connectivity index is 2.30. The lowest BCUT2D eigenvalue weighted by Crippen LogP contribution is -2.14. The van der Waals surface area contributed by atoms with Crippen molar-refractivity contribution in [3.05, 3.63) is 36.4 Å². The maximum absolute atomic E-state index is 12.3. The average molecular weight is 295 g/mol. The first-order valence-corrected chi connectivity index (χ1v) is 7.68. The topological polar surface area (TPSA) is 88.9 Å². The predicted octanol–water partition coefficient (Wildman–Crippen LogP) is 0.818. The predicted molar refractivity (Wildman–Crippen MR) is 75.7 cm³/mol. The third-order valence-corrected chi connectivity index (χ3v) is 4.06. The van der Waals surface area contributed by atoms with Crippen LogP contribution in [0.1, 0.15) is 12.6 Å². The van der Waals surface area contributed by atoms with Gasteiger partial charge in [-0.25, -0.2) is 23.1 Å². The van der Waals surface area contributed by atoms with E-state index in [4.69, 9.17) is 0 Å². The second kappa shape index (κ2) is 6.02. The molecule has 108 valence electrons. The Morgan fingerprint density at radius 3 is 2.60 bits per heavy atom. The van der Waals surface area contributed by atoms with Gasteiger partial charge in [0.1, 0.15) is 4.90 Å². The highest BCUT2D eigenvalue weighted by molar-refractivity contribution is 7.92. The highest BCUT2D eigenvalue weighted by Gasteiger charge is 2.19. The quantitative estimate of drug-likeness (QED) is 0.823. The summed E-state index contributed by atoms with van der Waals surface area (Å²) in [7, 11) is -1.85. The summed E-state index contributed by atoms with van der Waals surface area (Å²) < 4.78 is 28.8. The lowest BCUT2D eigenvalue weighted by atomic mass is 10.4. The summed E-state index contributed by atoms with van der Waals surface area (Å²) in [5, 5.41) is 3.01. The van der Waals surface area contributed by atoms with Crippen molar-refractivity contribution in [3.63, 3.8) is 0 Å². The van der Waals surface area contributed by atoms with Gasteiger partial charge in [0.15, 0.2) is 0 Å². The monoisotopic (exact) mass is 295 g/mol. The van der Waals surface area contributed by atoms with Crippen molar-refractivity contribution in [3.8, 4) is 0 Å². The summed E-state index contributed by atoms with van der Waals surface area (Å²) >= 11 is 0. The summed E-state index contributed by atoms with van der Waals surface area (Å²) in [6.07, 6.45) is 4.57. The maximum atomic E-state index is 12.3. The Labute approximate surface area is 118 Å². The van der Waals surface area contributed by atoms with Crippen LogP contribution in [0.4, 0.5) is 5.95 Å². The zero-order valence-corrected chi connectivity index (χ0v) is 12.2. The second-order valence-electron chi connectivity index (χ2n) is 4.16. The molecule has 2 aromatic rings. The van der Waals surface area contributed by atoms with E-state index in [9.17, 15) is 8.42 Å². The van der Waals surface area contributed by atoms with E-state index in [1.54, 1.807) is 18.3 Å². The van der Waals surface area contributed by atoms with E-state index in [1.165, 1.54) is 12.4 Å². The molecule has 7 nitrogen and oxygen atoms in total. The highest BCUT2D eigenvalue weighted by Crippen LogP contribution is 2.17. The van der Waals surface area contributed by atoms with Gasteiger partial charge >= 0.3 is 0 Å². The molecule has 0 saturated heterocycles. The molecule has 0 aliphatic heterocycles. The van der Waals surface area contributed by atoms with Gasteiger partial charge in [0.2, 0.25) is 5.95 Å². The number of nitrogens with zero attached hydrogens (tertiary/aromatic N) is 3. The molecule has 0 aliphatic carbocycles. The van der Waals surface area contributed by atoms with Gasteiger partial charge in [-0.3, -0.25) is 0 Å². The van der Waals surface area contributed by atoms with E-state index in [0.29, 0.717) is 13.1 Å². The molecule has 2 rings (SSSR count). The van der Waals surface area contributed by atoms with E-state index >= 15 is 0 Å². The molecule has 8 heteroatoms. The first-order chi connectivity index (χ1) is 9.56. The van der Waals surface area contributed by atoms with Crippen LogP contribution in [0.3, 0.4) is 0 Å². The minimum absolute atomic E-state index is 0.0620. The number of hydrogen-bond donors (Lipinski definition) is 2.